The highest BCUT2D eigenvalue weighted by Crippen LogP contribution is 2.34. The van der Waals surface area contributed by atoms with Gasteiger partial charge in [-0.1, -0.05) is 19.3 Å². The Hall–Kier alpha value is -3.10. The molecule has 0 saturated heterocycles. The van der Waals surface area contributed by atoms with Crippen LogP contribution in [0.2, 0.25) is 0 Å². The Labute approximate surface area is 178 Å². The Morgan fingerprint density at radius 3 is 2.23 bits per heavy atom. The summed E-state index contributed by atoms with van der Waals surface area (Å²) in [6, 6.07) is 6.76. The number of halogens is 3. The Morgan fingerprint density at radius 2 is 1.68 bits per heavy atom. The molecule has 1 heterocycles. The summed E-state index contributed by atoms with van der Waals surface area (Å²) in [4.78, 5) is 30.1. The van der Waals surface area contributed by atoms with Crippen LogP contribution in [0.15, 0.2) is 48.8 Å². The Balaban J connectivity index is 2.05. The van der Waals surface area contributed by atoms with Crippen molar-refractivity contribution < 1.29 is 27.5 Å². The first-order valence-corrected chi connectivity index (χ1v) is 10.1. The highest BCUT2D eigenvalue weighted by atomic mass is 19.4. The lowest BCUT2D eigenvalue weighted by molar-refractivity contribution is -0.171. The Bertz CT molecular complexity index is 882. The molecule has 9 heteroatoms. The lowest BCUT2D eigenvalue weighted by Gasteiger charge is -2.33. The van der Waals surface area contributed by atoms with E-state index in [9.17, 15) is 22.8 Å². The fourth-order valence-corrected chi connectivity index (χ4v) is 3.75. The molecule has 0 spiro atoms. The first-order valence-electron chi connectivity index (χ1n) is 10.1. The third-order valence-electron chi connectivity index (χ3n) is 5.29. The van der Waals surface area contributed by atoms with E-state index in [0.29, 0.717) is 10.6 Å². The molecule has 0 radical (unpaired) electrons. The molecule has 3 rings (SSSR count). The maximum Gasteiger partial charge on any atom is 0.471 e. The fraction of sp³-hybridized carbons (Fsp3) is 0.409. The summed E-state index contributed by atoms with van der Waals surface area (Å²) in [7, 11) is 1.42. The zero-order valence-corrected chi connectivity index (χ0v) is 17.1. The molecule has 1 saturated carbocycles. The van der Waals surface area contributed by atoms with Crippen LogP contribution < -0.4 is 15.0 Å². The van der Waals surface area contributed by atoms with Crippen LogP contribution in [0.4, 0.5) is 18.9 Å². The quantitative estimate of drug-likeness (QED) is 0.739. The number of rotatable bonds is 6. The number of hydrogen-bond donors (Lipinski definition) is 1. The van der Waals surface area contributed by atoms with E-state index in [0.717, 1.165) is 32.1 Å². The van der Waals surface area contributed by atoms with Crippen molar-refractivity contribution in [1.82, 2.24) is 10.3 Å². The van der Waals surface area contributed by atoms with E-state index in [1.807, 2.05) is 0 Å². The molecule has 1 aliphatic carbocycles. The molecule has 2 amide bonds. The smallest absolute Gasteiger partial charge is 0.471 e. The minimum atomic E-state index is -5.17. The number of amides is 2. The van der Waals surface area contributed by atoms with Gasteiger partial charge >= 0.3 is 12.1 Å². The summed E-state index contributed by atoms with van der Waals surface area (Å²) in [6.07, 6.45) is 2.03. The summed E-state index contributed by atoms with van der Waals surface area (Å²) < 4.78 is 45.8. The Kier molecular flexibility index (Phi) is 7.14. The molecule has 1 N–H and O–H groups in total. The van der Waals surface area contributed by atoms with Gasteiger partial charge in [-0.2, -0.15) is 13.2 Å². The topological polar surface area (TPSA) is 71.5 Å². The van der Waals surface area contributed by atoms with Crippen molar-refractivity contribution in [1.29, 1.82) is 0 Å². The van der Waals surface area contributed by atoms with Gasteiger partial charge < -0.3 is 10.1 Å². The van der Waals surface area contributed by atoms with Gasteiger partial charge in [0.2, 0.25) is 5.91 Å². The molecule has 31 heavy (non-hydrogen) atoms. The van der Waals surface area contributed by atoms with E-state index >= 15 is 0 Å². The lowest BCUT2D eigenvalue weighted by atomic mass is 9.94. The molecular weight excluding hydrogens is 411 g/mol. The molecule has 0 unspecified atom stereocenters. The van der Waals surface area contributed by atoms with Crippen LogP contribution in [0.1, 0.15) is 43.7 Å². The zero-order valence-electron chi connectivity index (χ0n) is 17.1. The molecule has 2 aromatic rings. The Morgan fingerprint density at radius 1 is 1.06 bits per heavy atom. The number of carbonyl (C=O) groups is 2. The van der Waals surface area contributed by atoms with Gasteiger partial charge in [-0.25, -0.2) is 0 Å². The van der Waals surface area contributed by atoms with E-state index in [1.54, 1.807) is 0 Å². The number of methoxy groups -OCH3 is 1. The highest BCUT2D eigenvalue weighted by molar-refractivity contribution is 6.03. The standard InChI is InChI=1S/C22H24F3N3O3/c1-31-18-9-7-17(8-10-18)28(21(30)22(23,24)25)19(15-11-13-26-14-12-15)20(29)27-16-5-3-2-4-6-16/h7-14,16,19H,2-6H2,1H3,(H,27,29)/t19-/m0/s1. The summed E-state index contributed by atoms with van der Waals surface area (Å²) in [5.74, 6) is -2.37. The van der Waals surface area contributed by atoms with Gasteiger partial charge in [-0.3, -0.25) is 19.5 Å². The molecular formula is C22H24F3N3O3. The summed E-state index contributed by atoms with van der Waals surface area (Å²) in [5, 5.41) is 2.85. The number of aromatic nitrogens is 1. The van der Waals surface area contributed by atoms with E-state index < -0.39 is 24.0 Å². The lowest BCUT2D eigenvalue weighted by Crippen LogP contribution is -2.50. The van der Waals surface area contributed by atoms with Crippen molar-refractivity contribution in [3.8, 4) is 5.75 Å². The average molecular weight is 435 g/mol. The van der Waals surface area contributed by atoms with Gasteiger partial charge in [-0.05, 0) is 54.8 Å². The van der Waals surface area contributed by atoms with Crippen molar-refractivity contribution in [2.75, 3.05) is 12.0 Å². The molecule has 1 aromatic heterocycles. The van der Waals surface area contributed by atoms with Crippen LogP contribution in [0, 0.1) is 0 Å². The first kappa shape index (κ1) is 22.6. The van der Waals surface area contributed by atoms with Crippen LogP contribution in [-0.4, -0.2) is 36.1 Å². The van der Waals surface area contributed by atoms with Crippen LogP contribution in [0.25, 0.3) is 0 Å². The molecule has 1 fully saturated rings. The van der Waals surface area contributed by atoms with E-state index in [4.69, 9.17) is 4.74 Å². The SMILES string of the molecule is COc1ccc(N(C(=O)C(F)(F)F)[C@H](C(=O)NC2CCCCC2)c2ccncc2)cc1. The number of anilines is 1. The van der Waals surface area contributed by atoms with Crippen LogP contribution >= 0.6 is 0 Å². The summed E-state index contributed by atoms with van der Waals surface area (Å²) in [6.45, 7) is 0. The number of alkyl halides is 3. The van der Waals surface area contributed by atoms with Crippen molar-refractivity contribution in [3.05, 3.63) is 54.4 Å². The monoisotopic (exact) mass is 435 g/mol. The first-order chi connectivity index (χ1) is 14.8. The normalized spacial score (nSPS) is 15.7. The highest BCUT2D eigenvalue weighted by Gasteiger charge is 2.47. The second-order valence-corrected chi connectivity index (χ2v) is 7.40. The van der Waals surface area contributed by atoms with Crippen molar-refractivity contribution in [2.45, 2.75) is 50.4 Å². The van der Waals surface area contributed by atoms with Gasteiger partial charge in [0.1, 0.15) is 11.8 Å². The van der Waals surface area contributed by atoms with E-state index in [1.165, 1.54) is 55.9 Å². The maximum atomic E-state index is 13.6. The number of ether oxygens (including phenoxy) is 1. The zero-order chi connectivity index (χ0) is 22.4. The van der Waals surface area contributed by atoms with Gasteiger partial charge in [0.15, 0.2) is 0 Å². The molecule has 6 nitrogen and oxygen atoms in total. The molecule has 0 aliphatic heterocycles. The number of pyridine rings is 1. The second kappa shape index (κ2) is 9.80. The summed E-state index contributed by atoms with van der Waals surface area (Å²) in [5.41, 5.74) is 0.167. The largest absolute Gasteiger partial charge is 0.497 e. The number of benzene rings is 1. The average Bonchev–Trinajstić information content (AvgIpc) is 2.77. The van der Waals surface area contributed by atoms with Gasteiger partial charge in [0.05, 0.1) is 7.11 Å². The molecule has 0 bridgehead atoms. The second-order valence-electron chi connectivity index (χ2n) is 7.40. The third kappa shape index (κ3) is 5.53. The molecule has 1 aromatic carbocycles. The van der Waals surface area contributed by atoms with Crippen LogP contribution in [0.5, 0.6) is 5.75 Å². The minimum absolute atomic E-state index is 0.0660. The fourth-order valence-electron chi connectivity index (χ4n) is 3.75. The number of nitrogens with one attached hydrogen (secondary N) is 1. The third-order valence-corrected chi connectivity index (χ3v) is 5.29. The number of nitrogens with zero attached hydrogens (tertiary/aromatic N) is 2. The summed E-state index contributed by atoms with van der Waals surface area (Å²) >= 11 is 0. The minimum Gasteiger partial charge on any atom is -0.497 e. The van der Waals surface area contributed by atoms with Gasteiger partial charge in [0, 0.05) is 24.1 Å². The van der Waals surface area contributed by atoms with Crippen LogP contribution in [-0.2, 0) is 9.59 Å². The predicted octanol–water partition coefficient (Wildman–Crippen LogP) is 4.18. The molecule has 166 valence electrons. The number of carbonyl (C=O) groups excluding carboxylic acids is 2. The van der Waals surface area contributed by atoms with E-state index in [-0.39, 0.29) is 17.3 Å². The van der Waals surface area contributed by atoms with Crippen molar-refractivity contribution >= 4 is 17.5 Å². The molecule has 1 atom stereocenters. The van der Waals surface area contributed by atoms with Gasteiger partial charge in [0.25, 0.3) is 0 Å². The van der Waals surface area contributed by atoms with Crippen molar-refractivity contribution in [2.24, 2.45) is 0 Å². The molecule has 1 aliphatic rings. The predicted molar refractivity (Wildman–Crippen MR) is 109 cm³/mol. The number of hydrogen-bond acceptors (Lipinski definition) is 4. The van der Waals surface area contributed by atoms with E-state index in [2.05, 4.69) is 10.3 Å². The maximum absolute atomic E-state index is 13.6. The van der Waals surface area contributed by atoms with Crippen molar-refractivity contribution in [3.63, 3.8) is 0 Å². The van der Waals surface area contributed by atoms with Crippen LogP contribution in [0.3, 0.4) is 0 Å². The van der Waals surface area contributed by atoms with Gasteiger partial charge in [-0.15, -0.1) is 0 Å².